The Morgan fingerprint density at radius 1 is 1.53 bits per heavy atom. The van der Waals surface area contributed by atoms with Gasteiger partial charge in [0, 0.05) is 17.5 Å². The maximum absolute atomic E-state index is 9.42. The lowest BCUT2D eigenvalue weighted by Crippen LogP contribution is -2.00. The highest BCUT2D eigenvalue weighted by molar-refractivity contribution is 6.31. The van der Waals surface area contributed by atoms with E-state index in [9.17, 15) is 5.11 Å². The average molecular weight is 227 g/mol. The topological polar surface area (TPSA) is 29.5 Å². The highest BCUT2D eigenvalue weighted by Crippen LogP contribution is 2.32. The second kappa shape index (κ2) is 4.52. The minimum atomic E-state index is -0.462. The Balaban J connectivity index is 2.25. The fourth-order valence-electron chi connectivity index (χ4n) is 1.91. The molecule has 0 spiro atoms. The summed E-state index contributed by atoms with van der Waals surface area (Å²) in [6.45, 7) is 3.32. The normalized spacial score (nSPS) is 23.0. The highest BCUT2D eigenvalue weighted by Gasteiger charge is 2.20. The third-order valence-corrected chi connectivity index (χ3v) is 3.20. The molecule has 2 nitrogen and oxygen atoms in total. The number of aliphatic hydroxyl groups is 1. The quantitative estimate of drug-likeness (QED) is 0.840. The van der Waals surface area contributed by atoms with Crippen LogP contribution >= 0.6 is 11.6 Å². The molecule has 1 saturated heterocycles. The summed E-state index contributed by atoms with van der Waals surface area (Å²) in [7, 11) is 0. The Labute approximate surface area is 94.8 Å². The Morgan fingerprint density at radius 2 is 2.33 bits per heavy atom. The zero-order valence-electron chi connectivity index (χ0n) is 8.74. The maximum atomic E-state index is 9.42. The van der Waals surface area contributed by atoms with E-state index in [2.05, 4.69) is 0 Å². The Hall–Kier alpha value is -0.570. The van der Waals surface area contributed by atoms with E-state index in [1.807, 2.05) is 18.2 Å². The predicted octanol–water partition coefficient (Wildman–Crippen LogP) is 2.90. The molecule has 1 heterocycles. The van der Waals surface area contributed by atoms with E-state index >= 15 is 0 Å². The van der Waals surface area contributed by atoms with E-state index in [0.717, 1.165) is 35.8 Å². The van der Waals surface area contributed by atoms with Crippen LogP contribution in [0.4, 0.5) is 0 Å². The fourth-order valence-corrected chi connectivity index (χ4v) is 2.26. The lowest BCUT2D eigenvalue weighted by Gasteiger charge is -2.12. The lowest BCUT2D eigenvalue weighted by molar-refractivity contribution is 0.194. The van der Waals surface area contributed by atoms with E-state index in [0.29, 0.717) is 5.92 Å². The van der Waals surface area contributed by atoms with Gasteiger partial charge in [-0.25, -0.2) is 0 Å². The first-order valence-electron chi connectivity index (χ1n) is 5.23. The number of ether oxygens (including phenoxy) is 1. The molecule has 1 aromatic carbocycles. The van der Waals surface area contributed by atoms with Gasteiger partial charge >= 0.3 is 0 Å². The van der Waals surface area contributed by atoms with Crippen molar-refractivity contribution in [2.24, 2.45) is 0 Å². The van der Waals surface area contributed by atoms with Gasteiger partial charge in [-0.3, -0.25) is 0 Å². The lowest BCUT2D eigenvalue weighted by atomic mass is 9.96. The summed E-state index contributed by atoms with van der Waals surface area (Å²) < 4.78 is 5.34. The summed E-state index contributed by atoms with van der Waals surface area (Å²) in [6, 6.07) is 5.79. The van der Waals surface area contributed by atoms with E-state index in [-0.39, 0.29) is 0 Å². The number of rotatable bonds is 2. The van der Waals surface area contributed by atoms with Gasteiger partial charge in [-0.15, -0.1) is 0 Å². The van der Waals surface area contributed by atoms with Gasteiger partial charge in [0.05, 0.1) is 12.7 Å². The van der Waals surface area contributed by atoms with Crippen molar-refractivity contribution in [1.82, 2.24) is 0 Å². The molecule has 0 amide bonds. The van der Waals surface area contributed by atoms with Crippen molar-refractivity contribution < 1.29 is 9.84 Å². The molecule has 1 fully saturated rings. The van der Waals surface area contributed by atoms with Gasteiger partial charge in [0.15, 0.2) is 0 Å². The molecular weight excluding hydrogens is 212 g/mol. The van der Waals surface area contributed by atoms with Crippen LogP contribution in [-0.2, 0) is 4.74 Å². The Morgan fingerprint density at radius 3 is 2.87 bits per heavy atom. The van der Waals surface area contributed by atoms with Gasteiger partial charge in [0.1, 0.15) is 0 Å². The van der Waals surface area contributed by atoms with E-state index in [1.165, 1.54) is 0 Å². The molecule has 2 rings (SSSR count). The van der Waals surface area contributed by atoms with Crippen LogP contribution in [0.3, 0.4) is 0 Å². The van der Waals surface area contributed by atoms with E-state index in [4.69, 9.17) is 16.3 Å². The number of benzene rings is 1. The van der Waals surface area contributed by atoms with Crippen LogP contribution in [0.1, 0.15) is 36.5 Å². The molecule has 2 unspecified atom stereocenters. The van der Waals surface area contributed by atoms with Crippen molar-refractivity contribution in [2.75, 3.05) is 13.2 Å². The second-order valence-electron chi connectivity index (χ2n) is 4.02. The molecule has 1 N–H and O–H groups in total. The summed E-state index contributed by atoms with van der Waals surface area (Å²) >= 11 is 6.19. The fraction of sp³-hybridized carbons (Fsp3) is 0.500. The van der Waals surface area contributed by atoms with Gasteiger partial charge in [-0.1, -0.05) is 23.7 Å². The van der Waals surface area contributed by atoms with Gasteiger partial charge in [0.25, 0.3) is 0 Å². The van der Waals surface area contributed by atoms with Crippen LogP contribution < -0.4 is 0 Å². The number of aliphatic hydroxyl groups excluding tert-OH is 1. The van der Waals surface area contributed by atoms with Crippen molar-refractivity contribution in [3.8, 4) is 0 Å². The molecule has 0 bridgehead atoms. The molecule has 0 radical (unpaired) electrons. The van der Waals surface area contributed by atoms with Crippen LogP contribution in [0.25, 0.3) is 0 Å². The van der Waals surface area contributed by atoms with E-state index in [1.54, 1.807) is 6.92 Å². The number of hydrogen-bond acceptors (Lipinski definition) is 2. The second-order valence-corrected chi connectivity index (χ2v) is 4.42. The molecule has 1 aromatic rings. The Bertz CT molecular complexity index is 343. The third kappa shape index (κ3) is 2.33. The van der Waals surface area contributed by atoms with Crippen molar-refractivity contribution in [1.29, 1.82) is 0 Å². The van der Waals surface area contributed by atoms with Crippen LogP contribution in [0.5, 0.6) is 0 Å². The number of halogens is 1. The summed E-state index contributed by atoms with van der Waals surface area (Å²) in [5.74, 6) is 0.417. The van der Waals surface area contributed by atoms with Crippen LogP contribution in [0, 0.1) is 0 Å². The summed E-state index contributed by atoms with van der Waals surface area (Å²) in [5.41, 5.74) is 2.00. The maximum Gasteiger partial charge on any atom is 0.0762 e. The average Bonchev–Trinajstić information content (AvgIpc) is 2.70. The van der Waals surface area contributed by atoms with Crippen molar-refractivity contribution in [3.05, 3.63) is 34.3 Å². The molecular formula is C12H15ClO2. The first kappa shape index (κ1) is 10.9. The minimum Gasteiger partial charge on any atom is -0.389 e. The van der Waals surface area contributed by atoms with Gasteiger partial charge in [-0.05, 0) is 30.5 Å². The monoisotopic (exact) mass is 226 g/mol. The summed E-state index contributed by atoms with van der Waals surface area (Å²) in [4.78, 5) is 0. The number of hydrogen-bond donors (Lipinski definition) is 1. The van der Waals surface area contributed by atoms with Crippen LogP contribution in [0.15, 0.2) is 18.2 Å². The molecule has 1 aliphatic rings. The standard InChI is InChI=1S/C12H15ClO2/c1-8(14)9-2-3-11(12(13)6-9)10-4-5-15-7-10/h2-3,6,8,10,14H,4-5,7H2,1H3. The summed E-state index contributed by atoms with van der Waals surface area (Å²) in [5, 5.41) is 10.2. The summed E-state index contributed by atoms with van der Waals surface area (Å²) in [6.07, 6.45) is 0.574. The molecule has 2 atom stereocenters. The third-order valence-electron chi connectivity index (χ3n) is 2.88. The predicted molar refractivity (Wildman–Crippen MR) is 60.3 cm³/mol. The van der Waals surface area contributed by atoms with Crippen molar-refractivity contribution in [3.63, 3.8) is 0 Å². The van der Waals surface area contributed by atoms with Gasteiger partial charge < -0.3 is 9.84 Å². The molecule has 15 heavy (non-hydrogen) atoms. The zero-order valence-corrected chi connectivity index (χ0v) is 9.50. The highest BCUT2D eigenvalue weighted by atomic mass is 35.5. The zero-order chi connectivity index (χ0) is 10.8. The SMILES string of the molecule is CC(O)c1ccc(C2CCOC2)c(Cl)c1. The minimum absolute atomic E-state index is 0.417. The molecule has 0 aromatic heterocycles. The molecule has 0 saturated carbocycles. The van der Waals surface area contributed by atoms with Gasteiger partial charge in [-0.2, -0.15) is 0 Å². The molecule has 82 valence electrons. The smallest absolute Gasteiger partial charge is 0.0762 e. The van der Waals surface area contributed by atoms with Gasteiger partial charge in [0.2, 0.25) is 0 Å². The van der Waals surface area contributed by atoms with Crippen LogP contribution in [-0.4, -0.2) is 18.3 Å². The molecule has 3 heteroatoms. The first-order valence-corrected chi connectivity index (χ1v) is 5.61. The van der Waals surface area contributed by atoms with Crippen molar-refractivity contribution >= 4 is 11.6 Å². The molecule has 0 aliphatic carbocycles. The van der Waals surface area contributed by atoms with E-state index < -0.39 is 6.10 Å². The molecule has 1 aliphatic heterocycles. The van der Waals surface area contributed by atoms with Crippen LogP contribution in [0.2, 0.25) is 5.02 Å². The largest absolute Gasteiger partial charge is 0.389 e. The first-order chi connectivity index (χ1) is 7.18. The Kier molecular flexibility index (Phi) is 3.29. The van der Waals surface area contributed by atoms with Crippen molar-refractivity contribution in [2.45, 2.75) is 25.4 Å².